The lowest BCUT2D eigenvalue weighted by Gasteiger charge is -2.18. The predicted octanol–water partition coefficient (Wildman–Crippen LogP) is 2.76. The van der Waals surface area contributed by atoms with Crippen LogP contribution in [-0.2, 0) is 0 Å². The first kappa shape index (κ1) is 11.5. The molecule has 2 nitrogen and oxygen atoms in total. The molecule has 1 amide bonds. The molecule has 0 radical (unpaired) electrons. The van der Waals surface area contributed by atoms with Gasteiger partial charge >= 0.3 is 0 Å². The molecule has 0 saturated carbocycles. The van der Waals surface area contributed by atoms with E-state index in [2.05, 4.69) is 0 Å². The number of halogens is 1. The maximum atomic E-state index is 11.8. The molecule has 14 heavy (non-hydrogen) atoms. The number of hydrogen-bond donors (Lipinski definition) is 0. The molecule has 4 heteroatoms. The first-order chi connectivity index (χ1) is 6.52. The summed E-state index contributed by atoms with van der Waals surface area (Å²) >= 11 is 7.38. The number of alkyl halides is 1. The van der Waals surface area contributed by atoms with Crippen LogP contribution in [0.25, 0.3) is 0 Å². The van der Waals surface area contributed by atoms with E-state index in [9.17, 15) is 4.79 Å². The molecule has 0 spiro atoms. The summed E-state index contributed by atoms with van der Waals surface area (Å²) in [5.74, 6) is 0.0521. The summed E-state index contributed by atoms with van der Waals surface area (Å²) in [6, 6.07) is 0. The zero-order valence-electron chi connectivity index (χ0n) is 8.58. The van der Waals surface area contributed by atoms with Crippen LogP contribution in [0, 0.1) is 6.92 Å². The van der Waals surface area contributed by atoms with Crippen LogP contribution in [0.15, 0.2) is 10.8 Å². The Balaban J connectivity index is 2.71. The average Bonchev–Trinajstić information content (AvgIpc) is 2.48. The summed E-state index contributed by atoms with van der Waals surface area (Å²) in [4.78, 5) is 13.5. The van der Waals surface area contributed by atoms with Crippen molar-refractivity contribution >= 4 is 28.8 Å². The van der Waals surface area contributed by atoms with E-state index in [4.69, 9.17) is 11.6 Å². The van der Waals surface area contributed by atoms with Crippen LogP contribution in [0.3, 0.4) is 0 Å². The molecule has 1 heterocycles. The van der Waals surface area contributed by atoms with Gasteiger partial charge in [0.1, 0.15) is 0 Å². The van der Waals surface area contributed by atoms with Crippen LogP contribution in [0.5, 0.6) is 0 Å². The van der Waals surface area contributed by atoms with Gasteiger partial charge in [-0.3, -0.25) is 4.79 Å². The summed E-state index contributed by atoms with van der Waals surface area (Å²) in [5.41, 5.74) is 1.82. The first-order valence-corrected chi connectivity index (χ1v) is 5.82. The van der Waals surface area contributed by atoms with Gasteiger partial charge in [-0.25, -0.2) is 0 Å². The van der Waals surface area contributed by atoms with Crippen LogP contribution in [-0.4, -0.2) is 29.8 Å². The van der Waals surface area contributed by atoms with Gasteiger partial charge in [-0.1, -0.05) is 0 Å². The Bertz CT molecular complexity index is 322. The number of aryl methyl sites for hydroxylation is 1. The molecule has 0 aliphatic carbocycles. The van der Waals surface area contributed by atoms with Crippen molar-refractivity contribution in [2.45, 2.75) is 19.2 Å². The van der Waals surface area contributed by atoms with Crippen molar-refractivity contribution in [1.29, 1.82) is 0 Å². The second-order valence-electron chi connectivity index (χ2n) is 3.43. The van der Waals surface area contributed by atoms with Gasteiger partial charge in [-0.05, 0) is 24.8 Å². The normalized spacial score (nSPS) is 12.6. The van der Waals surface area contributed by atoms with E-state index < -0.39 is 0 Å². The van der Waals surface area contributed by atoms with Gasteiger partial charge in [-0.15, -0.1) is 11.6 Å². The molecule has 1 atom stereocenters. The largest absolute Gasteiger partial charge is 0.340 e. The third kappa shape index (κ3) is 2.72. The second kappa shape index (κ2) is 4.80. The molecule has 0 aliphatic rings. The Morgan fingerprint density at radius 3 is 2.71 bits per heavy atom. The van der Waals surface area contributed by atoms with Gasteiger partial charge < -0.3 is 4.90 Å². The van der Waals surface area contributed by atoms with Crippen molar-refractivity contribution in [1.82, 2.24) is 4.90 Å². The summed E-state index contributed by atoms with van der Waals surface area (Å²) in [7, 11) is 1.78. The monoisotopic (exact) mass is 231 g/mol. The zero-order chi connectivity index (χ0) is 10.7. The summed E-state index contributed by atoms with van der Waals surface area (Å²) in [6.45, 7) is 4.41. The molecule has 1 rings (SSSR count). The lowest BCUT2D eigenvalue weighted by molar-refractivity contribution is 0.0796. The number of hydrogen-bond acceptors (Lipinski definition) is 2. The fourth-order valence-electron chi connectivity index (χ4n) is 1.25. The van der Waals surface area contributed by atoms with Gasteiger partial charge in [0.25, 0.3) is 5.91 Å². The number of carbonyl (C=O) groups excluding carboxylic acids is 1. The molecule has 0 aromatic carbocycles. The third-order valence-electron chi connectivity index (χ3n) is 1.96. The smallest absolute Gasteiger partial charge is 0.254 e. The van der Waals surface area contributed by atoms with Crippen LogP contribution < -0.4 is 0 Å². The molecule has 1 unspecified atom stereocenters. The van der Waals surface area contributed by atoms with Gasteiger partial charge in [0, 0.05) is 24.3 Å². The van der Waals surface area contributed by atoms with E-state index >= 15 is 0 Å². The molecular weight excluding hydrogens is 218 g/mol. The van der Waals surface area contributed by atoms with Crippen molar-refractivity contribution in [2.75, 3.05) is 13.6 Å². The van der Waals surface area contributed by atoms with Crippen molar-refractivity contribution < 1.29 is 4.79 Å². The van der Waals surface area contributed by atoms with E-state index in [1.165, 1.54) is 0 Å². The fraction of sp³-hybridized carbons (Fsp3) is 0.500. The first-order valence-electron chi connectivity index (χ1n) is 4.44. The molecule has 0 N–H and O–H groups in total. The quantitative estimate of drug-likeness (QED) is 0.733. The second-order valence-corrected chi connectivity index (χ2v) is 4.92. The molecule has 1 aromatic rings. The minimum absolute atomic E-state index is 0.0112. The van der Waals surface area contributed by atoms with Crippen LogP contribution >= 0.6 is 22.9 Å². The van der Waals surface area contributed by atoms with Crippen LogP contribution in [0.4, 0.5) is 0 Å². The van der Waals surface area contributed by atoms with Crippen molar-refractivity contribution in [3.05, 3.63) is 21.9 Å². The molecule has 0 fully saturated rings. The van der Waals surface area contributed by atoms with Crippen LogP contribution in [0.2, 0.25) is 0 Å². The Hall–Kier alpha value is -0.540. The number of thiophene rings is 1. The number of nitrogens with zero attached hydrogens (tertiary/aromatic N) is 1. The highest BCUT2D eigenvalue weighted by Crippen LogP contribution is 2.15. The SMILES string of the molecule is Cc1cscc1C(=O)N(C)CC(C)Cl. The van der Waals surface area contributed by atoms with Crippen molar-refractivity contribution in [3.63, 3.8) is 0 Å². The van der Waals surface area contributed by atoms with Crippen molar-refractivity contribution in [2.24, 2.45) is 0 Å². The minimum atomic E-state index is -0.0112. The predicted molar refractivity (Wildman–Crippen MR) is 61.3 cm³/mol. The molecule has 0 saturated heterocycles. The number of carbonyl (C=O) groups is 1. The van der Waals surface area contributed by atoms with E-state index in [1.54, 1.807) is 23.3 Å². The Morgan fingerprint density at radius 2 is 2.29 bits per heavy atom. The number of amides is 1. The van der Waals surface area contributed by atoms with E-state index in [1.807, 2.05) is 24.6 Å². The maximum Gasteiger partial charge on any atom is 0.254 e. The highest BCUT2D eigenvalue weighted by Gasteiger charge is 2.15. The fourth-order valence-corrected chi connectivity index (χ4v) is 2.27. The topological polar surface area (TPSA) is 20.3 Å². The summed E-state index contributed by atoms with van der Waals surface area (Å²) < 4.78 is 0. The summed E-state index contributed by atoms with van der Waals surface area (Å²) in [6.07, 6.45) is 0. The Morgan fingerprint density at radius 1 is 1.64 bits per heavy atom. The molecule has 78 valence electrons. The average molecular weight is 232 g/mol. The zero-order valence-corrected chi connectivity index (χ0v) is 10.2. The van der Waals surface area contributed by atoms with E-state index in [-0.39, 0.29) is 11.3 Å². The third-order valence-corrected chi connectivity index (χ3v) is 2.96. The van der Waals surface area contributed by atoms with Gasteiger partial charge in [0.05, 0.1) is 5.56 Å². The Labute approximate surface area is 93.5 Å². The van der Waals surface area contributed by atoms with Gasteiger partial charge in [0.15, 0.2) is 0 Å². The molecule has 0 aliphatic heterocycles. The van der Waals surface area contributed by atoms with E-state index in [0.29, 0.717) is 6.54 Å². The summed E-state index contributed by atoms with van der Waals surface area (Å²) in [5, 5.41) is 3.85. The van der Waals surface area contributed by atoms with Gasteiger partial charge in [-0.2, -0.15) is 11.3 Å². The minimum Gasteiger partial charge on any atom is -0.340 e. The van der Waals surface area contributed by atoms with Crippen LogP contribution in [0.1, 0.15) is 22.8 Å². The van der Waals surface area contributed by atoms with E-state index in [0.717, 1.165) is 11.1 Å². The lowest BCUT2D eigenvalue weighted by Crippen LogP contribution is -2.31. The lowest BCUT2D eigenvalue weighted by atomic mass is 10.2. The molecular formula is C10H14ClNOS. The number of rotatable bonds is 3. The highest BCUT2D eigenvalue weighted by atomic mass is 35.5. The molecule has 1 aromatic heterocycles. The highest BCUT2D eigenvalue weighted by molar-refractivity contribution is 7.08. The Kier molecular flexibility index (Phi) is 3.96. The standard InChI is InChI=1S/C10H14ClNOS/c1-7-5-14-6-9(7)10(13)12(3)4-8(2)11/h5-6,8H,4H2,1-3H3. The van der Waals surface area contributed by atoms with Crippen molar-refractivity contribution in [3.8, 4) is 0 Å². The molecule has 0 bridgehead atoms. The van der Waals surface area contributed by atoms with Gasteiger partial charge in [0.2, 0.25) is 0 Å². The maximum absolute atomic E-state index is 11.8.